The summed E-state index contributed by atoms with van der Waals surface area (Å²) in [5.41, 5.74) is 3.91. The molecule has 1 aromatic heterocycles. The summed E-state index contributed by atoms with van der Waals surface area (Å²) in [4.78, 5) is 3.83. The second kappa shape index (κ2) is 6.14. The molecule has 0 spiro atoms. The van der Waals surface area contributed by atoms with Crippen LogP contribution in [-0.4, -0.2) is 4.98 Å². The van der Waals surface area contributed by atoms with Gasteiger partial charge in [-0.3, -0.25) is 5.43 Å². The summed E-state index contributed by atoms with van der Waals surface area (Å²) >= 11 is 11.4. The summed E-state index contributed by atoms with van der Waals surface area (Å²) in [7, 11) is 0. The molecule has 1 heterocycles. The van der Waals surface area contributed by atoms with E-state index in [1.54, 1.807) is 36.4 Å². The SMILES string of the molecule is N#Cc1nc(Cl)ccc1N=NNc1ccc(Cl)cc1. The molecule has 0 radical (unpaired) electrons. The predicted octanol–water partition coefficient (Wildman–Crippen LogP) is 4.37. The maximum atomic E-state index is 8.88. The number of hydrogen-bond donors (Lipinski definition) is 1. The number of nitrogens with one attached hydrogen (secondary N) is 1. The fourth-order valence-corrected chi connectivity index (χ4v) is 1.53. The molecule has 1 aromatic carbocycles. The maximum Gasteiger partial charge on any atom is 0.169 e. The number of benzene rings is 1. The number of pyridine rings is 1. The lowest BCUT2D eigenvalue weighted by atomic mass is 10.3. The van der Waals surface area contributed by atoms with Crippen molar-refractivity contribution >= 4 is 34.6 Å². The lowest BCUT2D eigenvalue weighted by Gasteiger charge is -1.99. The van der Waals surface area contributed by atoms with Gasteiger partial charge in [0.15, 0.2) is 5.69 Å². The first-order valence-corrected chi connectivity index (χ1v) is 5.93. The van der Waals surface area contributed by atoms with Crippen molar-refractivity contribution in [3.8, 4) is 6.07 Å². The van der Waals surface area contributed by atoms with Crippen LogP contribution in [0.5, 0.6) is 0 Å². The molecule has 2 aromatic rings. The van der Waals surface area contributed by atoms with Crippen LogP contribution in [0.3, 0.4) is 0 Å². The normalized spacial score (nSPS) is 10.4. The molecule has 0 aliphatic carbocycles. The quantitative estimate of drug-likeness (QED) is 0.518. The largest absolute Gasteiger partial charge is 0.260 e. The number of hydrogen-bond acceptors (Lipinski definition) is 4. The van der Waals surface area contributed by atoms with Gasteiger partial charge in [-0.2, -0.15) is 5.26 Å². The van der Waals surface area contributed by atoms with Crippen LogP contribution in [0.4, 0.5) is 11.4 Å². The molecule has 1 N–H and O–H groups in total. The zero-order valence-electron chi connectivity index (χ0n) is 9.51. The minimum absolute atomic E-state index is 0.120. The second-order valence-corrected chi connectivity index (χ2v) is 4.26. The summed E-state index contributed by atoms with van der Waals surface area (Å²) in [6.45, 7) is 0. The van der Waals surface area contributed by atoms with E-state index in [1.807, 2.05) is 6.07 Å². The van der Waals surface area contributed by atoms with Gasteiger partial charge in [-0.05, 0) is 36.4 Å². The smallest absolute Gasteiger partial charge is 0.169 e. The average Bonchev–Trinajstić information content (AvgIpc) is 2.42. The minimum Gasteiger partial charge on any atom is -0.260 e. The Bertz CT molecular complexity index is 646. The number of nitrogens with zero attached hydrogens (tertiary/aromatic N) is 4. The zero-order chi connectivity index (χ0) is 13.7. The molecule has 0 saturated heterocycles. The van der Waals surface area contributed by atoms with E-state index >= 15 is 0 Å². The molecule has 0 saturated carbocycles. The van der Waals surface area contributed by atoms with Crippen molar-refractivity contribution in [3.05, 3.63) is 52.3 Å². The molecular formula is C12H7Cl2N5. The van der Waals surface area contributed by atoms with Crippen molar-refractivity contribution in [2.24, 2.45) is 10.3 Å². The molecule has 94 valence electrons. The highest BCUT2D eigenvalue weighted by atomic mass is 35.5. The predicted molar refractivity (Wildman–Crippen MR) is 73.6 cm³/mol. The Morgan fingerprint density at radius 1 is 1.11 bits per heavy atom. The summed E-state index contributed by atoms with van der Waals surface area (Å²) in [6, 6.07) is 12.0. The minimum atomic E-state index is 0.120. The number of halogens is 2. The third kappa shape index (κ3) is 3.65. The third-order valence-corrected chi connectivity index (χ3v) is 2.59. The van der Waals surface area contributed by atoms with E-state index < -0.39 is 0 Å². The van der Waals surface area contributed by atoms with Crippen molar-refractivity contribution < 1.29 is 0 Å². The van der Waals surface area contributed by atoms with Crippen LogP contribution in [0.1, 0.15) is 5.69 Å². The van der Waals surface area contributed by atoms with Gasteiger partial charge < -0.3 is 0 Å². The van der Waals surface area contributed by atoms with Gasteiger partial charge in [0.2, 0.25) is 0 Å². The summed E-state index contributed by atoms with van der Waals surface area (Å²) < 4.78 is 0. The van der Waals surface area contributed by atoms with Gasteiger partial charge in [0.1, 0.15) is 16.9 Å². The number of nitriles is 1. The van der Waals surface area contributed by atoms with Crippen molar-refractivity contribution in [2.45, 2.75) is 0 Å². The second-order valence-electron chi connectivity index (χ2n) is 3.43. The highest BCUT2D eigenvalue weighted by molar-refractivity contribution is 6.30. The molecule has 0 unspecified atom stereocenters. The molecular weight excluding hydrogens is 285 g/mol. The first-order chi connectivity index (χ1) is 9.19. The van der Waals surface area contributed by atoms with Gasteiger partial charge in [0.25, 0.3) is 0 Å². The third-order valence-electron chi connectivity index (χ3n) is 2.13. The van der Waals surface area contributed by atoms with Crippen LogP contribution in [0.2, 0.25) is 10.2 Å². The Morgan fingerprint density at radius 2 is 1.84 bits per heavy atom. The Kier molecular flexibility index (Phi) is 4.29. The molecule has 0 fully saturated rings. The lowest BCUT2D eigenvalue weighted by molar-refractivity contribution is 1.11. The number of aromatic nitrogens is 1. The fourth-order valence-electron chi connectivity index (χ4n) is 1.25. The Hall–Kier alpha value is -2.16. The monoisotopic (exact) mass is 291 g/mol. The molecule has 0 aliphatic heterocycles. The first-order valence-electron chi connectivity index (χ1n) is 5.18. The average molecular weight is 292 g/mol. The number of anilines is 1. The highest BCUT2D eigenvalue weighted by Gasteiger charge is 2.03. The van der Waals surface area contributed by atoms with E-state index in [-0.39, 0.29) is 10.8 Å². The van der Waals surface area contributed by atoms with Crippen LogP contribution in [0.25, 0.3) is 0 Å². The van der Waals surface area contributed by atoms with Crippen LogP contribution in [-0.2, 0) is 0 Å². The number of rotatable bonds is 3. The van der Waals surface area contributed by atoms with Crippen molar-refractivity contribution in [1.82, 2.24) is 4.98 Å². The maximum absolute atomic E-state index is 8.88. The van der Waals surface area contributed by atoms with Crippen molar-refractivity contribution in [3.63, 3.8) is 0 Å². The standard InChI is InChI=1S/C12H7Cl2N5/c13-8-1-3-9(4-2-8)17-19-18-10-5-6-12(14)16-11(10)7-15/h1-6H,(H,17,18). The topological polar surface area (TPSA) is 73.4 Å². The van der Waals surface area contributed by atoms with Gasteiger partial charge in [-0.25, -0.2) is 4.98 Å². The lowest BCUT2D eigenvalue weighted by Crippen LogP contribution is -1.87. The summed E-state index contributed by atoms with van der Waals surface area (Å²) in [5, 5.41) is 17.4. The summed E-state index contributed by atoms with van der Waals surface area (Å²) in [5.74, 6) is 0. The van der Waals surface area contributed by atoms with Crippen LogP contribution >= 0.6 is 23.2 Å². The molecule has 5 nitrogen and oxygen atoms in total. The molecule has 2 rings (SSSR count). The van der Waals surface area contributed by atoms with Crippen LogP contribution < -0.4 is 5.43 Å². The first kappa shape index (κ1) is 13.3. The molecule has 0 aliphatic rings. The zero-order valence-corrected chi connectivity index (χ0v) is 11.0. The van der Waals surface area contributed by atoms with Crippen LogP contribution in [0, 0.1) is 11.3 Å². The molecule has 19 heavy (non-hydrogen) atoms. The Labute approximate surface area is 119 Å². The molecule has 0 amide bonds. The summed E-state index contributed by atoms with van der Waals surface area (Å²) in [6.07, 6.45) is 0. The Morgan fingerprint density at radius 3 is 2.53 bits per heavy atom. The molecule has 7 heteroatoms. The van der Waals surface area contributed by atoms with Gasteiger partial charge in [-0.1, -0.05) is 28.4 Å². The van der Waals surface area contributed by atoms with Crippen LogP contribution in [0.15, 0.2) is 46.7 Å². The fraction of sp³-hybridized carbons (Fsp3) is 0. The highest BCUT2D eigenvalue weighted by Crippen LogP contribution is 2.20. The van der Waals surface area contributed by atoms with Gasteiger partial charge in [0.05, 0.1) is 5.69 Å². The Balaban J connectivity index is 2.11. The van der Waals surface area contributed by atoms with E-state index in [1.165, 1.54) is 0 Å². The van der Waals surface area contributed by atoms with Crippen molar-refractivity contribution in [2.75, 3.05) is 5.43 Å². The van der Waals surface area contributed by atoms with Crippen molar-refractivity contribution in [1.29, 1.82) is 5.26 Å². The van der Waals surface area contributed by atoms with E-state index in [9.17, 15) is 0 Å². The van der Waals surface area contributed by atoms with Gasteiger partial charge in [-0.15, -0.1) is 5.11 Å². The van der Waals surface area contributed by atoms with E-state index in [4.69, 9.17) is 28.5 Å². The molecule has 0 atom stereocenters. The molecule has 0 bridgehead atoms. The van der Waals surface area contributed by atoms with E-state index in [2.05, 4.69) is 20.7 Å². The van der Waals surface area contributed by atoms with Gasteiger partial charge in [0, 0.05) is 5.02 Å². The van der Waals surface area contributed by atoms with E-state index in [0.717, 1.165) is 5.69 Å². The van der Waals surface area contributed by atoms with Gasteiger partial charge >= 0.3 is 0 Å². The van der Waals surface area contributed by atoms with E-state index in [0.29, 0.717) is 10.7 Å².